The van der Waals surface area contributed by atoms with Crippen molar-refractivity contribution in [1.82, 2.24) is 0 Å². The van der Waals surface area contributed by atoms with Gasteiger partial charge in [0.25, 0.3) is 0 Å². The zero-order valence-electron chi connectivity index (χ0n) is 10.4. The summed E-state index contributed by atoms with van der Waals surface area (Å²) in [5.74, 6) is 0.682. The second-order valence-corrected chi connectivity index (χ2v) is 5.55. The number of benzene rings is 1. The van der Waals surface area contributed by atoms with Crippen molar-refractivity contribution >= 4 is 27.5 Å². The number of anilines is 1. The second kappa shape index (κ2) is 5.71. The van der Waals surface area contributed by atoms with Gasteiger partial charge in [0.05, 0.1) is 6.61 Å². The van der Waals surface area contributed by atoms with Crippen LogP contribution in [0.4, 0.5) is 5.69 Å². The minimum atomic E-state index is 0.118. The standard InChI is InChI=1S/C13H18BrN3O/c1-18-8-9-4-5-17(7-9)12-6-10(14)2-3-11(12)13(15)16/h2-3,6,9H,4-5,7-8H2,1H3,(H3,15,16). The maximum atomic E-state index is 7.65. The lowest BCUT2D eigenvalue weighted by Gasteiger charge is -2.22. The van der Waals surface area contributed by atoms with Gasteiger partial charge in [-0.05, 0) is 24.6 Å². The van der Waals surface area contributed by atoms with Crippen molar-refractivity contribution in [2.24, 2.45) is 11.7 Å². The Kier molecular flexibility index (Phi) is 4.24. The number of hydrogen-bond acceptors (Lipinski definition) is 3. The third kappa shape index (κ3) is 2.84. The molecule has 1 aromatic rings. The van der Waals surface area contributed by atoms with E-state index in [1.165, 1.54) is 0 Å². The Morgan fingerprint density at radius 3 is 3.06 bits per heavy atom. The third-order valence-electron chi connectivity index (χ3n) is 3.28. The zero-order chi connectivity index (χ0) is 13.1. The number of rotatable bonds is 4. The Morgan fingerprint density at radius 2 is 2.39 bits per heavy atom. The number of methoxy groups -OCH3 is 1. The van der Waals surface area contributed by atoms with Gasteiger partial charge in [0.15, 0.2) is 0 Å². The molecule has 0 spiro atoms. The van der Waals surface area contributed by atoms with E-state index in [1.807, 2.05) is 18.2 Å². The molecule has 0 saturated carbocycles. The molecule has 1 heterocycles. The summed E-state index contributed by atoms with van der Waals surface area (Å²) in [7, 11) is 1.74. The lowest BCUT2D eigenvalue weighted by atomic mass is 10.1. The molecule has 1 unspecified atom stereocenters. The maximum Gasteiger partial charge on any atom is 0.124 e. The average Bonchev–Trinajstić information content (AvgIpc) is 2.77. The molecule has 1 aromatic carbocycles. The van der Waals surface area contributed by atoms with E-state index in [-0.39, 0.29) is 5.84 Å². The molecule has 4 nitrogen and oxygen atoms in total. The van der Waals surface area contributed by atoms with Gasteiger partial charge in [-0.2, -0.15) is 0 Å². The summed E-state index contributed by atoms with van der Waals surface area (Å²) in [4.78, 5) is 2.28. The van der Waals surface area contributed by atoms with E-state index in [4.69, 9.17) is 15.9 Å². The number of nitrogens with zero attached hydrogens (tertiary/aromatic N) is 1. The zero-order valence-corrected chi connectivity index (χ0v) is 12.0. The Balaban J connectivity index is 2.23. The van der Waals surface area contributed by atoms with Gasteiger partial charge in [-0.15, -0.1) is 0 Å². The van der Waals surface area contributed by atoms with Crippen molar-refractivity contribution in [3.63, 3.8) is 0 Å². The molecule has 1 saturated heterocycles. The smallest absolute Gasteiger partial charge is 0.124 e. The van der Waals surface area contributed by atoms with Crippen molar-refractivity contribution in [3.05, 3.63) is 28.2 Å². The minimum Gasteiger partial charge on any atom is -0.384 e. The molecular formula is C13H18BrN3O. The molecule has 0 aromatic heterocycles. The van der Waals surface area contributed by atoms with Crippen LogP contribution in [0.1, 0.15) is 12.0 Å². The van der Waals surface area contributed by atoms with Crippen LogP contribution in [-0.2, 0) is 4.74 Å². The van der Waals surface area contributed by atoms with Crippen molar-refractivity contribution < 1.29 is 4.74 Å². The van der Waals surface area contributed by atoms with Gasteiger partial charge in [0, 0.05) is 41.8 Å². The SMILES string of the molecule is COCC1CCN(c2cc(Br)ccc2C(=N)N)C1. The third-order valence-corrected chi connectivity index (χ3v) is 3.77. The van der Waals surface area contributed by atoms with Crippen LogP contribution in [0.25, 0.3) is 0 Å². The Morgan fingerprint density at radius 1 is 1.61 bits per heavy atom. The number of nitrogen functional groups attached to an aromatic ring is 1. The van der Waals surface area contributed by atoms with E-state index in [0.717, 1.165) is 41.8 Å². The van der Waals surface area contributed by atoms with Crippen molar-refractivity contribution in [2.75, 3.05) is 31.7 Å². The van der Waals surface area contributed by atoms with E-state index in [2.05, 4.69) is 20.8 Å². The molecular weight excluding hydrogens is 294 g/mol. The highest BCUT2D eigenvalue weighted by atomic mass is 79.9. The fourth-order valence-corrected chi connectivity index (χ4v) is 2.77. The van der Waals surface area contributed by atoms with Crippen LogP contribution in [-0.4, -0.2) is 32.6 Å². The first-order valence-electron chi connectivity index (χ1n) is 5.99. The van der Waals surface area contributed by atoms with Gasteiger partial charge in [-0.3, -0.25) is 5.41 Å². The highest BCUT2D eigenvalue weighted by molar-refractivity contribution is 9.10. The van der Waals surface area contributed by atoms with Gasteiger partial charge in [-0.25, -0.2) is 0 Å². The van der Waals surface area contributed by atoms with Gasteiger partial charge in [0.2, 0.25) is 0 Å². The molecule has 0 radical (unpaired) electrons. The predicted octanol–water partition coefficient (Wildman–Crippen LogP) is 2.21. The molecule has 98 valence electrons. The predicted molar refractivity (Wildman–Crippen MR) is 77.4 cm³/mol. The lowest BCUT2D eigenvalue weighted by molar-refractivity contribution is 0.161. The van der Waals surface area contributed by atoms with Gasteiger partial charge in [0.1, 0.15) is 5.84 Å². The average molecular weight is 312 g/mol. The monoisotopic (exact) mass is 311 g/mol. The number of hydrogen-bond donors (Lipinski definition) is 2. The topological polar surface area (TPSA) is 62.3 Å². The van der Waals surface area contributed by atoms with E-state index in [9.17, 15) is 0 Å². The van der Waals surface area contributed by atoms with E-state index >= 15 is 0 Å². The summed E-state index contributed by atoms with van der Waals surface area (Å²) in [6.07, 6.45) is 1.12. The Labute approximate surface area is 116 Å². The quantitative estimate of drug-likeness (QED) is 0.662. The molecule has 0 aliphatic carbocycles. The van der Waals surface area contributed by atoms with Crippen LogP contribution in [0, 0.1) is 11.3 Å². The van der Waals surface area contributed by atoms with Crippen LogP contribution in [0.3, 0.4) is 0 Å². The van der Waals surface area contributed by atoms with Crippen LogP contribution < -0.4 is 10.6 Å². The summed E-state index contributed by atoms with van der Waals surface area (Å²) in [5, 5.41) is 7.65. The number of nitrogens with one attached hydrogen (secondary N) is 1. The van der Waals surface area contributed by atoms with E-state index < -0.39 is 0 Å². The summed E-state index contributed by atoms with van der Waals surface area (Å²) < 4.78 is 6.22. The normalized spacial score (nSPS) is 19.2. The fourth-order valence-electron chi connectivity index (χ4n) is 2.42. The van der Waals surface area contributed by atoms with Gasteiger partial charge >= 0.3 is 0 Å². The number of nitrogens with two attached hydrogens (primary N) is 1. The molecule has 1 aliphatic rings. The molecule has 1 atom stereocenters. The van der Waals surface area contributed by atoms with Crippen LogP contribution >= 0.6 is 15.9 Å². The van der Waals surface area contributed by atoms with Crippen LogP contribution in [0.15, 0.2) is 22.7 Å². The molecule has 1 fully saturated rings. The molecule has 5 heteroatoms. The second-order valence-electron chi connectivity index (χ2n) is 4.63. The van der Waals surface area contributed by atoms with E-state index in [0.29, 0.717) is 5.92 Å². The number of ether oxygens (including phenoxy) is 1. The van der Waals surface area contributed by atoms with Crippen molar-refractivity contribution in [2.45, 2.75) is 6.42 Å². The molecule has 18 heavy (non-hydrogen) atoms. The summed E-state index contributed by atoms with van der Waals surface area (Å²) in [6, 6.07) is 5.85. The number of amidine groups is 1. The molecule has 0 bridgehead atoms. The van der Waals surface area contributed by atoms with Gasteiger partial charge < -0.3 is 15.4 Å². The molecule has 2 rings (SSSR count). The Hall–Kier alpha value is -1.07. The maximum absolute atomic E-state index is 7.65. The first-order valence-corrected chi connectivity index (χ1v) is 6.79. The summed E-state index contributed by atoms with van der Waals surface area (Å²) in [5.41, 5.74) is 7.48. The van der Waals surface area contributed by atoms with E-state index in [1.54, 1.807) is 7.11 Å². The molecule has 1 aliphatic heterocycles. The largest absolute Gasteiger partial charge is 0.384 e. The minimum absolute atomic E-state index is 0.118. The molecule has 0 amide bonds. The first-order chi connectivity index (χ1) is 8.61. The van der Waals surface area contributed by atoms with Crippen molar-refractivity contribution in [3.8, 4) is 0 Å². The van der Waals surface area contributed by atoms with Gasteiger partial charge in [-0.1, -0.05) is 15.9 Å². The number of halogens is 1. The van der Waals surface area contributed by atoms with Crippen LogP contribution in [0.5, 0.6) is 0 Å². The fraction of sp³-hybridized carbons (Fsp3) is 0.462. The highest BCUT2D eigenvalue weighted by Crippen LogP contribution is 2.29. The molecule has 3 N–H and O–H groups in total. The van der Waals surface area contributed by atoms with Crippen LogP contribution in [0.2, 0.25) is 0 Å². The highest BCUT2D eigenvalue weighted by Gasteiger charge is 2.24. The Bertz CT molecular complexity index is 450. The first kappa shape index (κ1) is 13.4. The summed E-state index contributed by atoms with van der Waals surface area (Å²) in [6.45, 7) is 2.75. The summed E-state index contributed by atoms with van der Waals surface area (Å²) >= 11 is 3.48. The lowest BCUT2D eigenvalue weighted by Crippen LogP contribution is -2.25. The van der Waals surface area contributed by atoms with Crippen molar-refractivity contribution in [1.29, 1.82) is 5.41 Å².